The second-order valence-corrected chi connectivity index (χ2v) is 9.44. The van der Waals surface area contributed by atoms with Crippen LogP contribution in [0, 0.1) is 11.2 Å². The van der Waals surface area contributed by atoms with Crippen LogP contribution < -0.4 is 10.2 Å². The molecule has 0 fully saturated rings. The molecule has 3 aromatic carbocycles. The zero-order chi connectivity index (χ0) is 23.2. The summed E-state index contributed by atoms with van der Waals surface area (Å²) in [7, 11) is 0. The Morgan fingerprint density at radius 1 is 0.939 bits per heavy atom. The van der Waals surface area contributed by atoms with E-state index in [4.69, 9.17) is 0 Å². The van der Waals surface area contributed by atoms with E-state index in [1.165, 1.54) is 6.07 Å². The molecule has 1 heterocycles. The molecule has 0 unspecified atom stereocenters. The van der Waals surface area contributed by atoms with E-state index in [0.717, 1.165) is 11.4 Å². The summed E-state index contributed by atoms with van der Waals surface area (Å²) in [4.78, 5) is 29.1. The second kappa shape index (κ2) is 8.00. The van der Waals surface area contributed by atoms with E-state index in [2.05, 4.69) is 19.2 Å². The van der Waals surface area contributed by atoms with Gasteiger partial charge in [-0.1, -0.05) is 62.4 Å². The van der Waals surface area contributed by atoms with Gasteiger partial charge in [-0.3, -0.25) is 14.5 Å². The fourth-order valence-electron chi connectivity index (χ4n) is 4.92. The van der Waals surface area contributed by atoms with Crippen molar-refractivity contribution < 1.29 is 14.0 Å². The number of hydrogen-bond donors (Lipinski definition) is 1. The maximum atomic E-state index is 15.3. The quantitative estimate of drug-likeness (QED) is 0.510. The van der Waals surface area contributed by atoms with Crippen molar-refractivity contribution in [2.45, 2.75) is 32.7 Å². The number of allylic oxidation sites excluding steroid dienone is 1. The fourth-order valence-corrected chi connectivity index (χ4v) is 4.92. The molecule has 1 N–H and O–H groups in total. The number of carbonyl (C=O) groups excluding carboxylic acids is 2. The van der Waals surface area contributed by atoms with Crippen molar-refractivity contribution in [3.63, 3.8) is 0 Å². The van der Waals surface area contributed by atoms with Crippen LogP contribution in [0.4, 0.5) is 15.8 Å². The van der Waals surface area contributed by atoms with Gasteiger partial charge in [-0.2, -0.15) is 0 Å². The van der Waals surface area contributed by atoms with E-state index in [1.54, 1.807) is 47.4 Å². The van der Waals surface area contributed by atoms with E-state index in [-0.39, 0.29) is 17.1 Å². The number of Topliss-reactive ketones (excluding diaryl/α,β-unsaturated/α-hetero) is 1. The van der Waals surface area contributed by atoms with Gasteiger partial charge < -0.3 is 5.32 Å². The number of anilines is 2. The van der Waals surface area contributed by atoms with Crippen molar-refractivity contribution in [3.8, 4) is 0 Å². The monoisotopic (exact) mass is 440 g/mol. The van der Waals surface area contributed by atoms with E-state index < -0.39 is 11.9 Å². The van der Waals surface area contributed by atoms with Crippen LogP contribution in [0.25, 0.3) is 0 Å². The molecule has 0 aromatic heterocycles. The van der Waals surface area contributed by atoms with Gasteiger partial charge in [-0.15, -0.1) is 0 Å². The van der Waals surface area contributed by atoms with Gasteiger partial charge in [0.25, 0.3) is 5.91 Å². The van der Waals surface area contributed by atoms with Gasteiger partial charge in [-0.05, 0) is 42.2 Å². The molecule has 166 valence electrons. The molecule has 4 nitrogen and oxygen atoms in total. The third kappa shape index (κ3) is 3.74. The van der Waals surface area contributed by atoms with Gasteiger partial charge in [0, 0.05) is 28.8 Å². The highest BCUT2D eigenvalue weighted by Gasteiger charge is 2.44. The standard InChI is InChI=1S/C28H25FN2O2/c1-28(2)16-22-25(24(32)17-28)26(19-12-6-7-13-20(19)29)31(23-15-9-8-14-21(23)30-22)27(33)18-10-4-3-5-11-18/h3-15,26,30H,16-17H2,1-2H3/t26-/m1/s1. The lowest BCUT2D eigenvalue weighted by Gasteiger charge is -2.37. The van der Waals surface area contributed by atoms with Gasteiger partial charge in [0.2, 0.25) is 0 Å². The summed E-state index contributed by atoms with van der Waals surface area (Å²) in [5, 5.41) is 3.45. The first-order chi connectivity index (χ1) is 15.9. The molecule has 1 aliphatic carbocycles. The number of para-hydroxylation sites is 2. The zero-order valence-electron chi connectivity index (χ0n) is 18.6. The minimum absolute atomic E-state index is 0.0688. The maximum absolute atomic E-state index is 15.3. The summed E-state index contributed by atoms with van der Waals surface area (Å²) >= 11 is 0. The Morgan fingerprint density at radius 2 is 1.61 bits per heavy atom. The molecule has 0 radical (unpaired) electrons. The lowest BCUT2D eigenvalue weighted by molar-refractivity contribution is -0.118. The summed E-state index contributed by atoms with van der Waals surface area (Å²) in [6.45, 7) is 4.11. The number of halogens is 1. The average molecular weight is 441 g/mol. The fraction of sp³-hybridized carbons (Fsp3) is 0.214. The molecule has 5 rings (SSSR count). The van der Waals surface area contributed by atoms with Crippen LogP contribution >= 0.6 is 0 Å². The largest absolute Gasteiger partial charge is 0.357 e. The summed E-state index contributed by atoms with van der Waals surface area (Å²) in [6, 6.07) is 21.9. The highest BCUT2D eigenvalue weighted by Crippen LogP contribution is 2.49. The Bertz CT molecular complexity index is 1280. The molecule has 0 saturated carbocycles. The molecule has 0 spiro atoms. The van der Waals surface area contributed by atoms with Gasteiger partial charge >= 0.3 is 0 Å². The lowest BCUT2D eigenvalue weighted by atomic mass is 9.73. The van der Waals surface area contributed by atoms with Crippen LogP contribution in [0.1, 0.15) is 48.7 Å². The SMILES string of the molecule is CC1(C)CC(=O)C2=C(C1)Nc1ccccc1N(C(=O)c1ccccc1)[C@@H]2c1ccccc1F. The Kier molecular flexibility index (Phi) is 5.12. The maximum Gasteiger partial charge on any atom is 0.259 e. The average Bonchev–Trinajstić information content (AvgIpc) is 2.93. The Labute approximate surface area is 192 Å². The van der Waals surface area contributed by atoms with Crippen LogP contribution in [-0.2, 0) is 4.79 Å². The predicted molar refractivity (Wildman–Crippen MR) is 128 cm³/mol. The summed E-state index contributed by atoms with van der Waals surface area (Å²) in [5.74, 6) is -0.803. The van der Waals surface area contributed by atoms with Gasteiger partial charge in [-0.25, -0.2) is 4.39 Å². The predicted octanol–water partition coefficient (Wildman–Crippen LogP) is 6.28. The number of hydrogen-bond acceptors (Lipinski definition) is 3. The lowest BCUT2D eigenvalue weighted by Crippen LogP contribution is -2.40. The Morgan fingerprint density at radius 3 is 2.36 bits per heavy atom. The Balaban J connectivity index is 1.82. The molecule has 3 aromatic rings. The number of nitrogens with one attached hydrogen (secondary N) is 1. The molecule has 1 atom stereocenters. The normalized spacial score (nSPS) is 19.3. The van der Waals surface area contributed by atoms with E-state index in [0.29, 0.717) is 35.2 Å². The third-order valence-corrected chi connectivity index (χ3v) is 6.34. The highest BCUT2D eigenvalue weighted by molar-refractivity contribution is 6.12. The molecule has 0 bridgehead atoms. The topological polar surface area (TPSA) is 49.4 Å². The van der Waals surface area contributed by atoms with E-state index >= 15 is 4.39 Å². The van der Waals surface area contributed by atoms with Crippen molar-refractivity contribution in [2.24, 2.45) is 5.41 Å². The van der Waals surface area contributed by atoms with Crippen LogP contribution in [0.3, 0.4) is 0 Å². The number of fused-ring (bicyclic) bond motifs is 1. The van der Waals surface area contributed by atoms with Crippen molar-refractivity contribution in [1.29, 1.82) is 0 Å². The molecule has 1 aliphatic heterocycles. The molecule has 2 aliphatic rings. The van der Waals surface area contributed by atoms with Crippen LogP contribution in [-0.4, -0.2) is 11.7 Å². The molecule has 1 amide bonds. The van der Waals surface area contributed by atoms with Crippen molar-refractivity contribution >= 4 is 23.1 Å². The molecular formula is C28H25FN2O2. The second-order valence-electron chi connectivity index (χ2n) is 9.44. The summed E-state index contributed by atoms with van der Waals surface area (Å²) < 4.78 is 15.3. The van der Waals surface area contributed by atoms with Crippen LogP contribution in [0.2, 0.25) is 0 Å². The molecule has 5 heteroatoms. The highest BCUT2D eigenvalue weighted by atomic mass is 19.1. The number of nitrogens with zero attached hydrogens (tertiary/aromatic N) is 1. The first-order valence-corrected chi connectivity index (χ1v) is 11.1. The minimum atomic E-state index is -0.881. The van der Waals surface area contributed by atoms with Crippen LogP contribution in [0.5, 0.6) is 0 Å². The first-order valence-electron chi connectivity index (χ1n) is 11.1. The summed E-state index contributed by atoms with van der Waals surface area (Å²) in [6.07, 6.45) is 0.961. The number of ketones is 1. The first kappa shape index (κ1) is 21.1. The Hall–Kier alpha value is -3.73. The minimum Gasteiger partial charge on any atom is -0.357 e. The smallest absolute Gasteiger partial charge is 0.259 e. The van der Waals surface area contributed by atoms with Crippen LogP contribution in [0.15, 0.2) is 90.1 Å². The number of benzene rings is 3. The van der Waals surface area contributed by atoms with Gasteiger partial charge in [0.05, 0.1) is 17.4 Å². The van der Waals surface area contributed by atoms with Gasteiger partial charge in [0.1, 0.15) is 5.82 Å². The number of rotatable bonds is 2. The molecule has 33 heavy (non-hydrogen) atoms. The van der Waals surface area contributed by atoms with E-state index in [9.17, 15) is 9.59 Å². The van der Waals surface area contributed by atoms with Gasteiger partial charge in [0.15, 0.2) is 5.78 Å². The number of carbonyl (C=O) groups is 2. The molecule has 0 saturated heterocycles. The van der Waals surface area contributed by atoms with E-state index in [1.807, 2.05) is 30.3 Å². The van der Waals surface area contributed by atoms with Crippen molar-refractivity contribution in [2.75, 3.05) is 10.2 Å². The summed E-state index contributed by atoms with van der Waals surface area (Å²) in [5.41, 5.74) is 3.08. The van der Waals surface area contributed by atoms with Crippen molar-refractivity contribution in [3.05, 3.63) is 107 Å². The molecular weight excluding hydrogens is 415 g/mol. The van der Waals surface area contributed by atoms with Crippen molar-refractivity contribution in [1.82, 2.24) is 0 Å². The number of amides is 1. The third-order valence-electron chi connectivity index (χ3n) is 6.34. The zero-order valence-corrected chi connectivity index (χ0v) is 18.6.